The predicted octanol–water partition coefficient (Wildman–Crippen LogP) is 2.51. The van der Waals surface area contributed by atoms with Gasteiger partial charge < -0.3 is 20.3 Å². The number of anilines is 1. The molecule has 2 N–H and O–H groups in total. The molecule has 8 nitrogen and oxygen atoms in total. The molecule has 176 valence electrons. The summed E-state index contributed by atoms with van der Waals surface area (Å²) in [4.78, 5) is 17.8. The predicted molar refractivity (Wildman–Crippen MR) is 138 cm³/mol. The van der Waals surface area contributed by atoms with E-state index in [1.165, 1.54) is 32.1 Å². The van der Waals surface area contributed by atoms with Crippen LogP contribution in [-0.4, -0.2) is 86.4 Å². The lowest BCUT2D eigenvalue weighted by Gasteiger charge is -2.34. The van der Waals surface area contributed by atoms with Crippen LogP contribution in [0.15, 0.2) is 23.5 Å². The second-order valence-electron chi connectivity index (χ2n) is 8.14. The normalized spacial score (nSPS) is 18.5. The largest absolute Gasteiger partial charge is 0.378 e. The summed E-state index contributed by atoms with van der Waals surface area (Å²) in [6, 6.07) is 1.86. The molecule has 0 unspecified atom stereocenters. The van der Waals surface area contributed by atoms with E-state index >= 15 is 0 Å². The molecule has 31 heavy (non-hydrogen) atoms. The van der Waals surface area contributed by atoms with Crippen molar-refractivity contribution in [3.05, 3.63) is 18.5 Å². The summed E-state index contributed by atoms with van der Waals surface area (Å²) in [5.74, 6) is 1.73. The van der Waals surface area contributed by atoms with Gasteiger partial charge in [0.25, 0.3) is 0 Å². The lowest BCUT2D eigenvalue weighted by molar-refractivity contribution is 0.0277. The van der Waals surface area contributed by atoms with Gasteiger partial charge in [-0.1, -0.05) is 19.3 Å². The van der Waals surface area contributed by atoms with Crippen LogP contribution in [0.5, 0.6) is 0 Å². The Bertz CT molecular complexity index is 605. The Morgan fingerprint density at radius 1 is 1.03 bits per heavy atom. The average Bonchev–Trinajstić information content (AvgIpc) is 2.82. The fraction of sp³-hybridized carbons (Fsp3) is 0.773. The first-order chi connectivity index (χ1) is 14.8. The van der Waals surface area contributed by atoms with Crippen molar-refractivity contribution < 1.29 is 4.74 Å². The molecule has 1 saturated carbocycles. The van der Waals surface area contributed by atoms with Gasteiger partial charge in [-0.05, 0) is 38.3 Å². The minimum atomic E-state index is 0. The number of guanidine groups is 1. The molecule has 2 fully saturated rings. The second kappa shape index (κ2) is 15.6. The minimum absolute atomic E-state index is 0. The van der Waals surface area contributed by atoms with E-state index in [2.05, 4.69) is 35.4 Å². The summed E-state index contributed by atoms with van der Waals surface area (Å²) in [6.45, 7) is 7.87. The van der Waals surface area contributed by atoms with Crippen LogP contribution in [-0.2, 0) is 4.74 Å². The zero-order chi connectivity index (χ0) is 20.9. The van der Waals surface area contributed by atoms with Gasteiger partial charge >= 0.3 is 0 Å². The highest BCUT2D eigenvalue weighted by atomic mass is 127. The summed E-state index contributed by atoms with van der Waals surface area (Å²) in [5.41, 5.74) is 0. The summed E-state index contributed by atoms with van der Waals surface area (Å²) in [6.07, 6.45) is 12.8. The van der Waals surface area contributed by atoms with Crippen molar-refractivity contribution in [2.24, 2.45) is 4.99 Å². The fourth-order valence-corrected chi connectivity index (χ4v) is 4.12. The van der Waals surface area contributed by atoms with Crippen LogP contribution >= 0.6 is 24.0 Å². The molecule has 1 aliphatic carbocycles. The van der Waals surface area contributed by atoms with Crippen LogP contribution in [0, 0.1) is 0 Å². The number of halogens is 1. The quantitative estimate of drug-likeness (QED) is 0.203. The van der Waals surface area contributed by atoms with Crippen molar-refractivity contribution in [2.45, 2.75) is 51.0 Å². The van der Waals surface area contributed by atoms with E-state index in [0.29, 0.717) is 6.10 Å². The Hall–Kier alpha value is -1.20. The van der Waals surface area contributed by atoms with Gasteiger partial charge in [-0.3, -0.25) is 9.89 Å². The third-order valence-electron chi connectivity index (χ3n) is 5.89. The molecule has 1 aliphatic heterocycles. The van der Waals surface area contributed by atoms with E-state index in [9.17, 15) is 0 Å². The van der Waals surface area contributed by atoms with E-state index < -0.39 is 0 Å². The number of nitrogens with one attached hydrogen (secondary N) is 2. The zero-order valence-electron chi connectivity index (χ0n) is 19.0. The number of nitrogens with zero attached hydrogens (tertiary/aromatic N) is 5. The van der Waals surface area contributed by atoms with Crippen molar-refractivity contribution in [1.29, 1.82) is 0 Å². The van der Waals surface area contributed by atoms with Gasteiger partial charge in [-0.15, -0.1) is 24.0 Å². The molecule has 0 bridgehead atoms. The van der Waals surface area contributed by atoms with Crippen molar-refractivity contribution in [2.75, 3.05) is 64.4 Å². The summed E-state index contributed by atoms with van der Waals surface area (Å²) in [5, 5.41) is 6.82. The molecule has 9 heteroatoms. The van der Waals surface area contributed by atoms with Gasteiger partial charge in [0, 0.05) is 65.3 Å². The first kappa shape index (κ1) is 26.1. The Balaban J connectivity index is 0.00000341. The Kier molecular flexibility index (Phi) is 13.1. The van der Waals surface area contributed by atoms with Crippen molar-refractivity contribution in [3.63, 3.8) is 0 Å². The van der Waals surface area contributed by atoms with Gasteiger partial charge in [0.2, 0.25) is 5.95 Å². The summed E-state index contributed by atoms with van der Waals surface area (Å²) >= 11 is 0. The van der Waals surface area contributed by atoms with Crippen LogP contribution < -0.4 is 15.5 Å². The maximum atomic E-state index is 5.98. The number of piperazine rings is 1. The molecule has 1 saturated heterocycles. The van der Waals surface area contributed by atoms with Crippen LogP contribution in [0.25, 0.3) is 0 Å². The lowest BCUT2D eigenvalue weighted by Crippen LogP contribution is -2.47. The number of hydrogen-bond acceptors (Lipinski definition) is 6. The first-order valence-corrected chi connectivity index (χ1v) is 11.7. The second-order valence-corrected chi connectivity index (χ2v) is 8.14. The van der Waals surface area contributed by atoms with Crippen LogP contribution in [0.1, 0.15) is 44.9 Å². The van der Waals surface area contributed by atoms with Crippen LogP contribution in [0.4, 0.5) is 5.95 Å². The number of rotatable bonds is 10. The number of ether oxygens (including phenoxy) is 1. The monoisotopic (exact) mass is 545 g/mol. The highest BCUT2D eigenvalue weighted by Gasteiger charge is 2.18. The highest BCUT2D eigenvalue weighted by molar-refractivity contribution is 14.0. The Labute approximate surface area is 204 Å². The molecule has 3 rings (SSSR count). The van der Waals surface area contributed by atoms with Crippen molar-refractivity contribution in [3.8, 4) is 0 Å². The number of aliphatic imine (C=N–C) groups is 1. The van der Waals surface area contributed by atoms with Gasteiger partial charge in [-0.2, -0.15) is 0 Å². The summed E-state index contributed by atoms with van der Waals surface area (Å²) in [7, 11) is 1.83. The first-order valence-electron chi connectivity index (χ1n) is 11.7. The van der Waals surface area contributed by atoms with E-state index in [1.54, 1.807) is 0 Å². The number of hydrogen-bond donors (Lipinski definition) is 2. The number of aromatic nitrogens is 2. The van der Waals surface area contributed by atoms with Gasteiger partial charge in [0.15, 0.2) is 5.96 Å². The van der Waals surface area contributed by atoms with E-state index in [0.717, 1.165) is 77.2 Å². The molecule has 0 aromatic carbocycles. The zero-order valence-corrected chi connectivity index (χ0v) is 21.3. The third-order valence-corrected chi connectivity index (χ3v) is 5.89. The van der Waals surface area contributed by atoms with Crippen molar-refractivity contribution >= 4 is 35.9 Å². The fourth-order valence-electron chi connectivity index (χ4n) is 4.12. The Morgan fingerprint density at radius 3 is 2.39 bits per heavy atom. The maximum Gasteiger partial charge on any atom is 0.225 e. The van der Waals surface area contributed by atoms with Gasteiger partial charge in [0.05, 0.1) is 6.10 Å². The minimum Gasteiger partial charge on any atom is -0.378 e. The maximum absolute atomic E-state index is 5.98. The van der Waals surface area contributed by atoms with E-state index in [-0.39, 0.29) is 24.0 Å². The van der Waals surface area contributed by atoms with Crippen LogP contribution in [0.3, 0.4) is 0 Å². The molecular weight excluding hydrogens is 505 g/mol. The third kappa shape index (κ3) is 9.86. The molecule has 1 aromatic heterocycles. The molecule has 0 radical (unpaired) electrons. The van der Waals surface area contributed by atoms with Gasteiger partial charge in [-0.25, -0.2) is 9.97 Å². The molecule has 0 atom stereocenters. The lowest BCUT2D eigenvalue weighted by atomic mass is 9.98. The van der Waals surface area contributed by atoms with Crippen LogP contribution in [0.2, 0.25) is 0 Å². The molecular formula is C22H40IN7O. The average molecular weight is 546 g/mol. The Morgan fingerprint density at radius 2 is 1.71 bits per heavy atom. The smallest absolute Gasteiger partial charge is 0.225 e. The molecule has 2 aliphatic rings. The molecule has 1 aromatic rings. The summed E-state index contributed by atoms with van der Waals surface area (Å²) < 4.78 is 5.98. The topological polar surface area (TPSA) is 77.9 Å². The van der Waals surface area contributed by atoms with Crippen molar-refractivity contribution in [1.82, 2.24) is 25.5 Å². The molecule has 0 spiro atoms. The SMILES string of the molecule is CN=C(NCCCOC1CCCCC1)NCCCN1CCN(c2ncccn2)CC1.I. The highest BCUT2D eigenvalue weighted by Crippen LogP contribution is 2.20. The van der Waals surface area contributed by atoms with Gasteiger partial charge in [0.1, 0.15) is 0 Å². The molecule has 2 heterocycles. The standard InChI is InChI=1S/C22H39N7O.HI/c1-23-21(25-13-7-19-30-20-8-3-2-4-9-20)24-12-6-14-28-15-17-29(18-16-28)22-26-10-5-11-27-22;/h5,10-11,20H,2-4,6-9,12-19H2,1H3,(H2,23,24,25);1H. The van der Waals surface area contributed by atoms with E-state index in [4.69, 9.17) is 4.74 Å². The molecule has 0 amide bonds. The van der Waals surface area contributed by atoms with E-state index in [1.807, 2.05) is 25.5 Å².